The average Bonchev–Trinajstić information content (AvgIpc) is 2.82. The molecule has 0 unspecified atom stereocenters. The van der Waals surface area contributed by atoms with E-state index in [2.05, 4.69) is 26.1 Å². The molecule has 118 valence electrons. The minimum Gasteiger partial charge on any atom is -0.488 e. The van der Waals surface area contributed by atoms with Gasteiger partial charge in [0.2, 0.25) is 0 Å². The molecule has 0 radical (unpaired) electrons. The summed E-state index contributed by atoms with van der Waals surface area (Å²) in [5, 5.41) is 13.5. The summed E-state index contributed by atoms with van der Waals surface area (Å²) in [7, 11) is 0. The van der Waals surface area contributed by atoms with Crippen molar-refractivity contribution in [3.05, 3.63) is 29.6 Å². The predicted octanol–water partition coefficient (Wildman–Crippen LogP) is 3.40. The van der Waals surface area contributed by atoms with Crippen LogP contribution in [0.1, 0.15) is 52.0 Å². The van der Waals surface area contributed by atoms with E-state index in [-0.39, 0.29) is 23.7 Å². The molecule has 2 N–H and O–H groups in total. The van der Waals surface area contributed by atoms with Crippen molar-refractivity contribution in [3.8, 4) is 5.75 Å². The minimum atomic E-state index is -0.779. The Kier molecular flexibility index (Phi) is 4.89. The highest BCUT2D eigenvalue weighted by Crippen LogP contribution is 2.30. The summed E-state index contributed by atoms with van der Waals surface area (Å²) in [4.78, 5) is 0. The molecule has 21 heavy (non-hydrogen) atoms. The van der Waals surface area contributed by atoms with Gasteiger partial charge in [0.15, 0.2) is 11.6 Å². The van der Waals surface area contributed by atoms with Crippen LogP contribution in [-0.2, 0) is 6.54 Å². The third-order valence-electron chi connectivity index (χ3n) is 3.85. The van der Waals surface area contributed by atoms with Crippen LogP contribution in [0.15, 0.2) is 18.2 Å². The quantitative estimate of drug-likeness (QED) is 0.875. The molecule has 2 rings (SSSR count). The van der Waals surface area contributed by atoms with Crippen molar-refractivity contribution in [2.75, 3.05) is 6.61 Å². The molecule has 0 aliphatic heterocycles. The molecule has 0 bridgehead atoms. The van der Waals surface area contributed by atoms with Crippen LogP contribution in [0.4, 0.5) is 4.39 Å². The van der Waals surface area contributed by atoms with E-state index in [0.29, 0.717) is 6.54 Å². The number of ether oxygens (including phenoxy) is 1. The van der Waals surface area contributed by atoms with E-state index in [1.807, 2.05) is 6.07 Å². The van der Waals surface area contributed by atoms with E-state index in [9.17, 15) is 9.50 Å². The summed E-state index contributed by atoms with van der Waals surface area (Å²) in [6.45, 7) is 7.00. The van der Waals surface area contributed by atoms with Gasteiger partial charge in [0.25, 0.3) is 0 Å². The molecule has 1 aliphatic carbocycles. The van der Waals surface area contributed by atoms with Crippen LogP contribution in [0.5, 0.6) is 5.75 Å². The Bertz CT molecular complexity index is 476. The lowest BCUT2D eigenvalue weighted by molar-refractivity contribution is 0.000324. The fourth-order valence-electron chi connectivity index (χ4n) is 2.53. The molecule has 1 fully saturated rings. The highest BCUT2D eigenvalue weighted by atomic mass is 19.1. The lowest BCUT2D eigenvalue weighted by Gasteiger charge is -2.23. The normalized spacial score (nSPS) is 18.0. The van der Waals surface area contributed by atoms with Gasteiger partial charge in [-0.3, -0.25) is 0 Å². The van der Waals surface area contributed by atoms with Crippen molar-refractivity contribution in [2.24, 2.45) is 0 Å². The van der Waals surface area contributed by atoms with Crippen molar-refractivity contribution in [2.45, 2.75) is 64.1 Å². The highest BCUT2D eigenvalue weighted by Gasteiger charge is 2.32. The third-order valence-corrected chi connectivity index (χ3v) is 3.85. The molecule has 1 aromatic carbocycles. The summed E-state index contributed by atoms with van der Waals surface area (Å²) in [5.74, 6) is -0.153. The zero-order valence-corrected chi connectivity index (χ0v) is 13.2. The standard InChI is InChI=1S/C17H26FNO2/c1-16(2,3)19-11-13-6-7-15(14(18)10-13)21-12-17(20)8-4-5-9-17/h6-7,10,19-20H,4-5,8-9,11-12H2,1-3H3. The van der Waals surface area contributed by atoms with Gasteiger partial charge in [-0.25, -0.2) is 4.39 Å². The highest BCUT2D eigenvalue weighted by molar-refractivity contribution is 5.29. The maximum atomic E-state index is 14.0. The van der Waals surface area contributed by atoms with Crippen molar-refractivity contribution >= 4 is 0 Å². The van der Waals surface area contributed by atoms with Crippen molar-refractivity contribution in [1.29, 1.82) is 0 Å². The second kappa shape index (κ2) is 6.32. The van der Waals surface area contributed by atoms with Crippen LogP contribution in [0, 0.1) is 5.82 Å². The van der Waals surface area contributed by atoms with E-state index in [1.165, 1.54) is 6.07 Å². The predicted molar refractivity (Wildman–Crippen MR) is 81.9 cm³/mol. The molecule has 0 aromatic heterocycles. The first-order chi connectivity index (χ1) is 9.77. The number of aliphatic hydroxyl groups is 1. The van der Waals surface area contributed by atoms with Crippen molar-refractivity contribution in [1.82, 2.24) is 5.32 Å². The van der Waals surface area contributed by atoms with Gasteiger partial charge in [-0.15, -0.1) is 0 Å². The molecular formula is C17H26FNO2. The SMILES string of the molecule is CC(C)(C)NCc1ccc(OCC2(O)CCCC2)c(F)c1. The van der Waals surface area contributed by atoms with Gasteiger partial charge >= 0.3 is 0 Å². The summed E-state index contributed by atoms with van der Waals surface area (Å²) in [5.41, 5.74) is 0.102. The second-order valence-corrected chi connectivity index (χ2v) is 7.09. The van der Waals surface area contributed by atoms with E-state index >= 15 is 0 Å². The van der Waals surface area contributed by atoms with Gasteiger partial charge in [-0.05, 0) is 51.3 Å². The topological polar surface area (TPSA) is 41.5 Å². The van der Waals surface area contributed by atoms with E-state index < -0.39 is 5.60 Å². The van der Waals surface area contributed by atoms with Crippen molar-refractivity contribution < 1.29 is 14.2 Å². The van der Waals surface area contributed by atoms with Gasteiger partial charge in [-0.2, -0.15) is 0 Å². The minimum absolute atomic E-state index is 0.00259. The van der Waals surface area contributed by atoms with Gasteiger partial charge in [0.05, 0.1) is 5.60 Å². The van der Waals surface area contributed by atoms with E-state index in [0.717, 1.165) is 31.2 Å². The first kappa shape index (κ1) is 16.2. The molecule has 0 heterocycles. The molecular weight excluding hydrogens is 269 g/mol. The lowest BCUT2D eigenvalue weighted by atomic mass is 10.0. The lowest BCUT2D eigenvalue weighted by Crippen LogP contribution is -2.35. The Hall–Kier alpha value is -1.13. The molecule has 4 heteroatoms. The Balaban J connectivity index is 1.92. The molecule has 1 aliphatic rings. The Morgan fingerprint density at radius 2 is 1.95 bits per heavy atom. The molecule has 1 saturated carbocycles. The molecule has 1 aromatic rings. The first-order valence-corrected chi connectivity index (χ1v) is 7.66. The molecule has 0 spiro atoms. The Morgan fingerprint density at radius 1 is 1.29 bits per heavy atom. The molecule has 0 amide bonds. The number of rotatable bonds is 5. The van der Waals surface area contributed by atoms with Gasteiger partial charge in [-0.1, -0.05) is 18.9 Å². The molecule has 0 saturated heterocycles. The van der Waals surface area contributed by atoms with Crippen LogP contribution in [0.3, 0.4) is 0 Å². The average molecular weight is 295 g/mol. The fourth-order valence-corrected chi connectivity index (χ4v) is 2.53. The maximum absolute atomic E-state index is 14.0. The fraction of sp³-hybridized carbons (Fsp3) is 0.647. The van der Waals surface area contributed by atoms with Crippen LogP contribution < -0.4 is 10.1 Å². The molecule has 0 atom stereocenters. The zero-order chi connectivity index (χ0) is 15.5. The summed E-state index contributed by atoms with van der Waals surface area (Å²) < 4.78 is 19.5. The summed E-state index contributed by atoms with van der Waals surface area (Å²) in [6, 6.07) is 5.00. The Labute approximate surface area is 126 Å². The van der Waals surface area contributed by atoms with Crippen LogP contribution in [-0.4, -0.2) is 22.9 Å². The Morgan fingerprint density at radius 3 is 2.52 bits per heavy atom. The van der Waals surface area contributed by atoms with E-state index in [4.69, 9.17) is 4.74 Å². The van der Waals surface area contributed by atoms with Gasteiger partial charge < -0.3 is 15.2 Å². The van der Waals surface area contributed by atoms with E-state index in [1.54, 1.807) is 6.07 Å². The van der Waals surface area contributed by atoms with Crippen LogP contribution in [0.25, 0.3) is 0 Å². The first-order valence-electron chi connectivity index (χ1n) is 7.66. The third kappa shape index (κ3) is 4.97. The number of hydrogen-bond acceptors (Lipinski definition) is 3. The number of nitrogens with one attached hydrogen (secondary N) is 1. The molecule has 3 nitrogen and oxygen atoms in total. The monoisotopic (exact) mass is 295 g/mol. The summed E-state index contributed by atoms with van der Waals surface area (Å²) in [6.07, 6.45) is 3.50. The summed E-state index contributed by atoms with van der Waals surface area (Å²) >= 11 is 0. The zero-order valence-electron chi connectivity index (χ0n) is 13.2. The van der Waals surface area contributed by atoms with Crippen LogP contribution in [0.2, 0.25) is 0 Å². The van der Waals surface area contributed by atoms with Gasteiger partial charge in [0, 0.05) is 12.1 Å². The van der Waals surface area contributed by atoms with Gasteiger partial charge in [0.1, 0.15) is 6.61 Å². The largest absolute Gasteiger partial charge is 0.488 e. The van der Waals surface area contributed by atoms with Crippen molar-refractivity contribution in [3.63, 3.8) is 0 Å². The maximum Gasteiger partial charge on any atom is 0.165 e. The second-order valence-electron chi connectivity index (χ2n) is 7.09. The smallest absolute Gasteiger partial charge is 0.165 e. The van der Waals surface area contributed by atoms with Crippen LogP contribution >= 0.6 is 0 Å². The number of benzene rings is 1. The number of hydrogen-bond donors (Lipinski definition) is 2. The number of halogens is 1.